The quantitative estimate of drug-likeness (QED) is 0.808. The van der Waals surface area contributed by atoms with Gasteiger partial charge in [0.25, 0.3) is 0 Å². The number of aliphatic hydroxyl groups excluding tert-OH is 1. The molecule has 0 fully saturated rings. The second-order valence-corrected chi connectivity index (χ2v) is 6.43. The van der Waals surface area contributed by atoms with Gasteiger partial charge in [0, 0.05) is 24.7 Å². The number of ether oxygens (including phenoxy) is 1. The highest BCUT2D eigenvalue weighted by Crippen LogP contribution is 2.19. The van der Waals surface area contributed by atoms with Gasteiger partial charge in [-0.15, -0.1) is 0 Å². The predicted octanol–water partition coefficient (Wildman–Crippen LogP) is 1.08. The van der Waals surface area contributed by atoms with Crippen LogP contribution in [0.5, 0.6) is 0 Å². The van der Waals surface area contributed by atoms with Gasteiger partial charge in [-0.1, -0.05) is 22.0 Å². The topological polar surface area (TPSA) is 66.8 Å². The van der Waals surface area contributed by atoms with Gasteiger partial charge in [0.1, 0.15) is 0 Å². The molecule has 0 bridgehead atoms. The van der Waals surface area contributed by atoms with Crippen LogP contribution in [0.4, 0.5) is 0 Å². The molecule has 0 aliphatic carbocycles. The molecule has 1 rings (SSSR count). The summed E-state index contributed by atoms with van der Waals surface area (Å²) in [6.07, 6.45) is 0. The molecule has 1 N–H and O–H groups in total. The standard InChI is InChI=1S/C11H16BrNO4S/c1-17-8-6-13(5-7-14)18(15,16)11-4-2-3-10(12)9-11/h2-4,9,14H,5-8H2,1H3. The van der Waals surface area contributed by atoms with Crippen molar-refractivity contribution in [3.05, 3.63) is 28.7 Å². The zero-order valence-electron chi connectivity index (χ0n) is 10.0. The van der Waals surface area contributed by atoms with Crippen LogP contribution in [-0.2, 0) is 14.8 Å². The lowest BCUT2D eigenvalue weighted by Crippen LogP contribution is -2.36. The van der Waals surface area contributed by atoms with Gasteiger partial charge in [0.2, 0.25) is 10.0 Å². The second-order valence-electron chi connectivity index (χ2n) is 3.58. The van der Waals surface area contributed by atoms with E-state index in [0.29, 0.717) is 4.47 Å². The number of hydrogen-bond acceptors (Lipinski definition) is 4. The van der Waals surface area contributed by atoms with Gasteiger partial charge in [-0.25, -0.2) is 8.42 Å². The van der Waals surface area contributed by atoms with Crippen LogP contribution in [0.2, 0.25) is 0 Å². The van der Waals surface area contributed by atoms with Gasteiger partial charge in [-0.05, 0) is 18.2 Å². The lowest BCUT2D eigenvalue weighted by molar-refractivity contribution is 0.168. The minimum Gasteiger partial charge on any atom is -0.395 e. The van der Waals surface area contributed by atoms with Crippen LogP contribution in [0, 0.1) is 0 Å². The molecular weight excluding hydrogens is 322 g/mol. The first-order valence-electron chi connectivity index (χ1n) is 5.38. The van der Waals surface area contributed by atoms with Gasteiger partial charge in [0.05, 0.1) is 18.1 Å². The molecule has 0 spiro atoms. The van der Waals surface area contributed by atoms with Crippen LogP contribution in [0.3, 0.4) is 0 Å². The van der Waals surface area contributed by atoms with Crippen molar-refractivity contribution in [1.29, 1.82) is 0 Å². The van der Waals surface area contributed by atoms with Crippen LogP contribution in [0.1, 0.15) is 0 Å². The summed E-state index contributed by atoms with van der Waals surface area (Å²) >= 11 is 3.24. The Morgan fingerprint density at radius 2 is 2.11 bits per heavy atom. The number of methoxy groups -OCH3 is 1. The Kier molecular flexibility index (Phi) is 6.24. The molecule has 0 saturated heterocycles. The smallest absolute Gasteiger partial charge is 0.243 e. The zero-order valence-corrected chi connectivity index (χ0v) is 12.4. The Labute approximate surface area is 116 Å². The number of halogens is 1. The second kappa shape index (κ2) is 7.20. The van der Waals surface area contributed by atoms with Crippen molar-refractivity contribution in [3.63, 3.8) is 0 Å². The number of rotatable bonds is 7. The van der Waals surface area contributed by atoms with E-state index in [-0.39, 0.29) is 31.2 Å². The third kappa shape index (κ3) is 4.03. The molecule has 0 aliphatic heterocycles. The van der Waals surface area contributed by atoms with Crippen LogP contribution in [-0.4, -0.2) is 51.2 Å². The van der Waals surface area contributed by atoms with Crippen molar-refractivity contribution in [2.75, 3.05) is 33.4 Å². The Hall–Kier alpha value is -0.470. The molecule has 0 heterocycles. The molecule has 0 atom stereocenters. The number of nitrogens with zero attached hydrogens (tertiary/aromatic N) is 1. The maximum Gasteiger partial charge on any atom is 0.243 e. The molecule has 0 unspecified atom stereocenters. The average Bonchev–Trinajstić information content (AvgIpc) is 2.34. The highest BCUT2D eigenvalue weighted by atomic mass is 79.9. The molecule has 7 heteroatoms. The number of hydrogen-bond donors (Lipinski definition) is 1. The van der Waals surface area contributed by atoms with Crippen molar-refractivity contribution >= 4 is 26.0 Å². The van der Waals surface area contributed by atoms with Gasteiger partial charge < -0.3 is 9.84 Å². The summed E-state index contributed by atoms with van der Waals surface area (Å²) in [7, 11) is -2.09. The minimum atomic E-state index is -3.59. The predicted molar refractivity (Wildman–Crippen MR) is 71.9 cm³/mol. The monoisotopic (exact) mass is 337 g/mol. The highest BCUT2D eigenvalue weighted by molar-refractivity contribution is 9.10. The first-order chi connectivity index (χ1) is 8.52. The Morgan fingerprint density at radius 1 is 1.39 bits per heavy atom. The molecule has 1 aromatic carbocycles. The maximum absolute atomic E-state index is 12.3. The summed E-state index contributed by atoms with van der Waals surface area (Å²) in [5, 5.41) is 8.94. The first-order valence-corrected chi connectivity index (χ1v) is 7.61. The van der Waals surface area contributed by atoms with E-state index in [2.05, 4.69) is 15.9 Å². The van der Waals surface area contributed by atoms with Crippen LogP contribution in [0.25, 0.3) is 0 Å². The average molecular weight is 338 g/mol. The van der Waals surface area contributed by atoms with E-state index < -0.39 is 10.0 Å². The van der Waals surface area contributed by atoms with Crippen molar-refractivity contribution < 1.29 is 18.3 Å². The minimum absolute atomic E-state index is 0.0538. The zero-order chi connectivity index (χ0) is 13.6. The fraction of sp³-hybridized carbons (Fsp3) is 0.455. The summed E-state index contributed by atoms with van der Waals surface area (Å²) in [5.74, 6) is 0. The summed E-state index contributed by atoms with van der Waals surface area (Å²) < 4.78 is 31.4. The summed E-state index contributed by atoms with van der Waals surface area (Å²) in [5.41, 5.74) is 0. The molecule has 0 amide bonds. The van der Waals surface area contributed by atoms with Crippen molar-refractivity contribution in [2.45, 2.75) is 4.90 Å². The van der Waals surface area contributed by atoms with E-state index in [4.69, 9.17) is 9.84 Å². The molecule has 5 nitrogen and oxygen atoms in total. The number of sulfonamides is 1. The molecule has 1 aromatic rings. The Balaban J connectivity index is 3.00. The lowest BCUT2D eigenvalue weighted by atomic mass is 10.4. The highest BCUT2D eigenvalue weighted by Gasteiger charge is 2.23. The Bertz CT molecular complexity index is 478. The molecule has 18 heavy (non-hydrogen) atoms. The van der Waals surface area contributed by atoms with Crippen molar-refractivity contribution in [1.82, 2.24) is 4.31 Å². The maximum atomic E-state index is 12.3. The summed E-state index contributed by atoms with van der Waals surface area (Å²) in [4.78, 5) is 0.196. The first kappa shape index (κ1) is 15.6. The molecule has 0 radical (unpaired) electrons. The van der Waals surface area contributed by atoms with Crippen LogP contribution < -0.4 is 0 Å². The van der Waals surface area contributed by atoms with E-state index in [1.807, 2.05) is 0 Å². The van der Waals surface area contributed by atoms with Gasteiger partial charge in [0.15, 0.2) is 0 Å². The third-order valence-corrected chi connectivity index (χ3v) is 4.72. The SMILES string of the molecule is COCCN(CCO)S(=O)(=O)c1cccc(Br)c1. The number of aliphatic hydroxyl groups is 1. The van der Waals surface area contributed by atoms with Crippen LogP contribution >= 0.6 is 15.9 Å². The van der Waals surface area contributed by atoms with Crippen molar-refractivity contribution in [2.24, 2.45) is 0 Å². The summed E-state index contributed by atoms with van der Waals surface area (Å²) in [6.45, 7) is 0.328. The van der Waals surface area contributed by atoms with Gasteiger partial charge in [-0.3, -0.25) is 0 Å². The largest absolute Gasteiger partial charge is 0.395 e. The number of benzene rings is 1. The van der Waals surface area contributed by atoms with E-state index in [1.165, 1.54) is 23.5 Å². The molecule has 102 valence electrons. The lowest BCUT2D eigenvalue weighted by Gasteiger charge is -2.20. The van der Waals surface area contributed by atoms with E-state index in [1.54, 1.807) is 12.1 Å². The fourth-order valence-electron chi connectivity index (χ4n) is 1.43. The molecular formula is C11H16BrNO4S. The van der Waals surface area contributed by atoms with Gasteiger partial charge >= 0.3 is 0 Å². The summed E-state index contributed by atoms with van der Waals surface area (Å²) in [6, 6.07) is 6.47. The van der Waals surface area contributed by atoms with Crippen LogP contribution in [0.15, 0.2) is 33.6 Å². The van der Waals surface area contributed by atoms with E-state index >= 15 is 0 Å². The van der Waals surface area contributed by atoms with Gasteiger partial charge in [-0.2, -0.15) is 4.31 Å². The third-order valence-electron chi connectivity index (χ3n) is 2.33. The van der Waals surface area contributed by atoms with E-state index in [9.17, 15) is 8.42 Å². The molecule has 0 aliphatic rings. The molecule has 0 aromatic heterocycles. The normalized spacial score (nSPS) is 12.0. The van der Waals surface area contributed by atoms with Crippen molar-refractivity contribution in [3.8, 4) is 0 Å². The fourth-order valence-corrected chi connectivity index (χ4v) is 3.45. The van der Waals surface area contributed by atoms with E-state index in [0.717, 1.165) is 0 Å². The molecule has 0 saturated carbocycles. The Morgan fingerprint density at radius 3 is 2.67 bits per heavy atom.